The molecule has 4 amide bonds. The van der Waals surface area contributed by atoms with Gasteiger partial charge in [-0.05, 0) is 58.6 Å². The summed E-state index contributed by atoms with van der Waals surface area (Å²) in [6.07, 6.45) is 2.07. The summed E-state index contributed by atoms with van der Waals surface area (Å²) < 4.78 is 5.57. The molecule has 0 saturated carbocycles. The minimum atomic E-state index is -0.465. The zero-order chi connectivity index (χ0) is 19.9. The summed E-state index contributed by atoms with van der Waals surface area (Å²) in [6.45, 7) is 1.68. The van der Waals surface area contributed by atoms with E-state index in [1.165, 1.54) is 6.07 Å². The third-order valence-corrected chi connectivity index (χ3v) is 4.69. The number of carbonyl (C=O) groups is 3. The molecule has 0 aliphatic carbocycles. The van der Waals surface area contributed by atoms with Crippen LogP contribution in [-0.4, -0.2) is 42.4 Å². The topological polar surface area (TPSA) is 104 Å². The van der Waals surface area contributed by atoms with Crippen LogP contribution in [0.4, 0.5) is 10.5 Å². The summed E-state index contributed by atoms with van der Waals surface area (Å²) in [4.78, 5) is 37.7. The molecular weight excluding hydrogens is 428 g/mol. The fourth-order valence-corrected chi connectivity index (χ4v) is 3.14. The van der Waals surface area contributed by atoms with Crippen LogP contribution in [0, 0.1) is 0 Å². The first-order chi connectivity index (χ1) is 13.5. The van der Waals surface area contributed by atoms with Crippen LogP contribution in [0.15, 0.2) is 45.5 Å². The Hall–Kier alpha value is -2.81. The maximum atomic E-state index is 12.2. The quantitative estimate of drug-likeness (QED) is 0.631. The highest BCUT2D eigenvalue weighted by Crippen LogP contribution is 2.15. The van der Waals surface area contributed by atoms with Gasteiger partial charge in [-0.1, -0.05) is 12.1 Å². The smallest absolute Gasteiger partial charge is 0.321 e. The molecule has 0 radical (unpaired) electrons. The van der Waals surface area contributed by atoms with E-state index in [4.69, 9.17) is 4.42 Å². The Morgan fingerprint density at radius 3 is 2.57 bits per heavy atom. The van der Waals surface area contributed by atoms with Crippen molar-refractivity contribution in [2.24, 2.45) is 0 Å². The number of hydrogen-bond acceptors (Lipinski definition) is 4. The number of carbonyl (C=O) groups excluding carboxylic acids is 3. The Kier molecular flexibility index (Phi) is 6.70. The standard InChI is InChI=1S/C19H21BrN4O4/c20-16-7-6-15(28-16)18(26)22-12-17(25)21-11-13-4-3-5-14(10-13)23-19(27)24-8-1-2-9-24/h3-7,10H,1-2,8-9,11-12H2,(H,21,25)(H,22,26)(H,23,27). The van der Waals surface area contributed by atoms with Gasteiger partial charge in [0.2, 0.25) is 5.91 Å². The minimum absolute atomic E-state index is 0.106. The molecule has 0 atom stereocenters. The molecule has 1 aliphatic rings. The largest absolute Gasteiger partial charge is 0.444 e. The van der Waals surface area contributed by atoms with Gasteiger partial charge in [-0.2, -0.15) is 0 Å². The van der Waals surface area contributed by atoms with E-state index in [2.05, 4.69) is 31.9 Å². The monoisotopic (exact) mass is 448 g/mol. The van der Waals surface area contributed by atoms with Crippen molar-refractivity contribution in [1.82, 2.24) is 15.5 Å². The molecule has 3 N–H and O–H groups in total. The molecule has 1 aromatic carbocycles. The highest BCUT2D eigenvalue weighted by atomic mass is 79.9. The molecule has 28 heavy (non-hydrogen) atoms. The molecule has 1 saturated heterocycles. The van der Waals surface area contributed by atoms with E-state index >= 15 is 0 Å². The van der Waals surface area contributed by atoms with E-state index in [1.54, 1.807) is 17.0 Å². The first-order valence-electron chi connectivity index (χ1n) is 8.96. The average Bonchev–Trinajstić information content (AvgIpc) is 3.36. The van der Waals surface area contributed by atoms with Crippen LogP contribution in [0.25, 0.3) is 0 Å². The van der Waals surface area contributed by atoms with E-state index in [0.29, 0.717) is 10.4 Å². The average molecular weight is 449 g/mol. The summed E-state index contributed by atoms with van der Waals surface area (Å²) >= 11 is 3.12. The van der Waals surface area contributed by atoms with Gasteiger partial charge in [-0.25, -0.2) is 4.79 Å². The summed E-state index contributed by atoms with van der Waals surface area (Å²) in [7, 11) is 0. The third kappa shape index (κ3) is 5.59. The van der Waals surface area contributed by atoms with Gasteiger partial charge in [0.1, 0.15) is 0 Å². The molecule has 3 rings (SSSR count). The highest BCUT2D eigenvalue weighted by Gasteiger charge is 2.17. The van der Waals surface area contributed by atoms with Gasteiger partial charge in [0.05, 0.1) is 6.54 Å². The molecule has 9 heteroatoms. The number of benzene rings is 1. The molecule has 0 bridgehead atoms. The van der Waals surface area contributed by atoms with Crippen molar-refractivity contribution in [1.29, 1.82) is 0 Å². The van der Waals surface area contributed by atoms with Crippen molar-refractivity contribution in [3.63, 3.8) is 0 Å². The van der Waals surface area contributed by atoms with Gasteiger partial charge in [0.25, 0.3) is 5.91 Å². The van der Waals surface area contributed by atoms with Crippen molar-refractivity contribution in [2.75, 3.05) is 25.0 Å². The molecule has 1 aromatic heterocycles. The second-order valence-electron chi connectivity index (χ2n) is 6.39. The van der Waals surface area contributed by atoms with E-state index in [9.17, 15) is 14.4 Å². The van der Waals surface area contributed by atoms with Crippen molar-refractivity contribution in [3.05, 3.63) is 52.4 Å². The van der Waals surface area contributed by atoms with Crippen molar-refractivity contribution >= 4 is 39.5 Å². The van der Waals surface area contributed by atoms with Crippen LogP contribution in [0.5, 0.6) is 0 Å². The first-order valence-corrected chi connectivity index (χ1v) is 9.75. The van der Waals surface area contributed by atoms with Gasteiger partial charge in [-0.15, -0.1) is 0 Å². The van der Waals surface area contributed by atoms with E-state index in [-0.39, 0.29) is 30.8 Å². The van der Waals surface area contributed by atoms with E-state index in [0.717, 1.165) is 31.5 Å². The van der Waals surface area contributed by atoms with Gasteiger partial charge in [0, 0.05) is 25.3 Å². The number of hydrogen-bond donors (Lipinski definition) is 3. The van der Waals surface area contributed by atoms with Crippen LogP contribution >= 0.6 is 15.9 Å². The second kappa shape index (κ2) is 9.41. The zero-order valence-electron chi connectivity index (χ0n) is 15.2. The molecule has 2 aromatic rings. The van der Waals surface area contributed by atoms with Gasteiger partial charge < -0.3 is 25.3 Å². The predicted molar refractivity (Wildman–Crippen MR) is 107 cm³/mol. The normalized spacial score (nSPS) is 13.2. The van der Waals surface area contributed by atoms with Crippen molar-refractivity contribution < 1.29 is 18.8 Å². The summed E-state index contributed by atoms with van der Waals surface area (Å²) in [5.41, 5.74) is 1.52. The van der Waals surface area contributed by atoms with Crippen LogP contribution in [0.2, 0.25) is 0 Å². The number of urea groups is 1. The maximum Gasteiger partial charge on any atom is 0.321 e. The molecule has 0 spiro atoms. The van der Waals surface area contributed by atoms with E-state index < -0.39 is 5.91 Å². The van der Waals surface area contributed by atoms with Gasteiger partial charge >= 0.3 is 6.03 Å². The lowest BCUT2D eigenvalue weighted by atomic mass is 10.2. The third-order valence-electron chi connectivity index (χ3n) is 4.27. The molecular formula is C19H21BrN4O4. The van der Waals surface area contributed by atoms with E-state index in [1.807, 2.05) is 18.2 Å². The van der Waals surface area contributed by atoms with Crippen molar-refractivity contribution in [3.8, 4) is 0 Å². The number of amides is 4. The van der Waals surface area contributed by atoms with Gasteiger partial charge in [0.15, 0.2) is 10.4 Å². The lowest BCUT2D eigenvalue weighted by Crippen LogP contribution is -2.36. The second-order valence-corrected chi connectivity index (χ2v) is 7.17. The molecule has 1 fully saturated rings. The minimum Gasteiger partial charge on any atom is -0.444 e. The number of nitrogens with one attached hydrogen (secondary N) is 3. The summed E-state index contributed by atoms with van der Waals surface area (Å²) in [6, 6.07) is 10.3. The fraction of sp³-hybridized carbons (Fsp3) is 0.316. The number of likely N-dealkylation sites (tertiary alicyclic amines) is 1. The summed E-state index contributed by atoms with van der Waals surface area (Å²) in [5, 5.41) is 8.09. The lowest BCUT2D eigenvalue weighted by molar-refractivity contribution is -0.120. The fourth-order valence-electron chi connectivity index (χ4n) is 2.83. The number of nitrogens with zero attached hydrogens (tertiary/aromatic N) is 1. The van der Waals surface area contributed by atoms with Crippen molar-refractivity contribution in [2.45, 2.75) is 19.4 Å². The number of anilines is 1. The zero-order valence-corrected chi connectivity index (χ0v) is 16.8. The number of halogens is 1. The molecule has 148 valence electrons. The molecule has 8 nitrogen and oxygen atoms in total. The van der Waals surface area contributed by atoms with Gasteiger partial charge in [-0.3, -0.25) is 9.59 Å². The Balaban J connectivity index is 1.44. The highest BCUT2D eigenvalue weighted by molar-refractivity contribution is 9.10. The van der Waals surface area contributed by atoms with Crippen LogP contribution in [0.3, 0.4) is 0 Å². The predicted octanol–water partition coefficient (Wildman–Crippen LogP) is 2.72. The Morgan fingerprint density at radius 2 is 1.86 bits per heavy atom. The molecule has 1 aliphatic heterocycles. The first kappa shape index (κ1) is 19.9. The SMILES string of the molecule is O=C(CNC(=O)c1ccc(Br)o1)NCc1cccc(NC(=O)N2CCCC2)c1. The Bertz CT molecular complexity index is 861. The lowest BCUT2D eigenvalue weighted by Gasteiger charge is -2.16. The maximum absolute atomic E-state index is 12.2. The summed E-state index contributed by atoms with van der Waals surface area (Å²) in [5.74, 6) is -0.668. The number of furan rings is 1. The number of rotatable bonds is 6. The Morgan fingerprint density at radius 1 is 1.07 bits per heavy atom. The van der Waals surface area contributed by atoms with Crippen LogP contribution < -0.4 is 16.0 Å². The molecule has 0 unspecified atom stereocenters. The van der Waals surface area contributed by atoms with Crippen LogP contribution in [0.1, 0.15) is 29.0 Å². The van der Waals surface area contributed by atoms with Crippen LogP contribution in [-0.2, 0) is 11.3 Å². The molecule has 2 heterocycles. The Labute approximate surface area is 170 Å².